The summed E-state index contributed by atoms with van der Waals surface area (Å²) in [7, 11) is -3.24. The van der Waals surface area contributed by atoms with Crippen molar-refractivity contribution in [2.75, 3.05) is 6.26 Å². The van der Waals surface area contributed by atoms with Crippen molar-refractivity contribution in [1.82, 2.24) is 15.3 Å². The molecule has 1 heterocycles. The van der Waals surface area contributed by atoms with Crippen molar-refractivity contribution in [2.24, 2.45) is 0 Å². The maximum absolute atomic E-state index is 11.7. The Bertz CT molecular complexity index is 686. The van der Waals surface area contributed by atoms with Gasteiger partial charge in [-0.3, -0.25) is 0 Å². The first-order chi connectivity index (χ1) is 8.54. The first kappa shape index (κ1) is 11.7. The number of sulfone groups is 1. The molecule has 0 amide bonds. The summed E-state index contributed by atoms with van der Waals surface area (Å²) in [4.78, 5) is 7.82. The number of benzene rings is 1. The Hall–Kier alpha value is -1.40. The van der Waals surface area contributed by atoms with E-state index in [0.717, 1.165) is 11.3 Å². The van der Waals surface area contributed by atoms with Gasteiger partial charge in [0.2, 0.25) is 0 Å². The highest BCUT2D eigenvalue weighted by Gasteiger charge is 2.21. The summed E-state index contributed by atoms with van der Waals surface area (Å²) in [6.07, 6.45) is 3.64. The number of aromatic amines is 1. The summed E-state index contributed by atoms with van der Waals surface area (Å²) >= 11 is 0. The van der Waals surface area contributed by atoms with Crippen LogP contribution in [0.1, 0.15) is 18.7 Å². The molecule has 1 aromatic carbocycles. The van der Waals surface area contributed by atoms with Crippen molar-refractivity contribution in [2.45, 2.75) is 30.3 Å². The van der Waals surface area contributed by atoms with E-state index in [4.69, 9.17) is 0 Å². The van der Waals surface area contributed by atoms with Gasteiger partial charge in [-0.15, -0.1) is 0 Å². The number of hydrogen-bond acceptors (Lipinski definition) is 4. The number of rotatable bonds is 4. The summed E-state index contributed by atoms with van der Waals surface area (Å²) in [5.41, 5.74) is 1.30. The molecular weight excluding hydrogens is 250 g/mol. The van der Waals surface area contributed by atoms with E-state index in [0.29, 0.717) is 18.1 Å². The largest absolute Gasteiger partial charge is 0.341 e. The molecule has 5 nitrogen and oxygen atoms in total. The Labute approximate surface area is 106 Å². The lowest BCUT2D eigenvalue weighted by atomic mass is 10.3. The average Bonchev–Trinajstić information content (AvgIpc) is 3.03. The number of fused-ring (bicyclic) bond motifs is 1. The fourth-order valence-corrected chi connectivity index (χ4v) is 2.80. The number of nitrogens with one attached hydrogen (secondary N) is 2. The van der Waals surface area contributed by atoms with E-state index in [1.54, 1.807) is 12.1 Å². The lowest BCUT2D eigenvalue weighted by molar-refractivity contribution is 0.602. The van der Waals surface area contributed by atoms with Crippen LogP contribution in [0.15, 0.2) is 23.1 Å². The fourth-order valence-electron chi connectivity index (χ4n) is 1.97. The van der Waals surface area contributed by atoms with Crippen LogP contribution in [-0.2, 0) is 16.4 Å². The molecule has 1 aromatic heterocycles. The summed E-state index contributed by atoms with van der Waals surface area (Å²) in [6, 6.07) is 5.77. The summed E-state index contributed by atoms with van der Waals surface area (Å²) < 4.78 is 23.3. The van der Waals surface area contributed by atoms with Crippen LogP contribution in [0, 0.1) is 0 Å². The molecule has 0 aliphatic heterocycles. The molecule has 6 heteroatoms. The van der Waals surface area contributed by atoms with Crippen molar-refractivity contribution in [3.63, 3.8) is 0 Å². The van der Waals surface area contributed by atoms with Gasteiger partial charge in [-0.1, -0.05) is 6.07 Å². The van der Waals surface area contributed by atoms with E-state index >= 15 is 0 Å². The van der Waals surface area contributed by atoms with Crippen LogP contribution in [0.4, 0.5) is 0 Å². The summed E-state index contributed by atoms with van der Waals surface area (Å²) in [5.74, 6) is 0.785. The Kier molecular flexibility index (Phi) is 2.64. The van der Waals surface area contributed by atoms with E-state index in [-0.39, 0.29) is 4.90 Å². The lowest BCUT2D eigenvalue weighted by Gasteiger charge is -1.98. The number of hydrogen-bond donors (Lipinski definition) is 2. The Morgan fingerprint density at radius 2 is 2.22 bits per heavy atom. The first-order valence-electron chi connectivity index (χ1n) is 5.95. The molecule has 0 spiro atoms. The van der Waals surface area contributed by atoms with Crippen molar-refractivity contribution in [3.8, 4) is 0 Å². The minimum atomic E-state index is -3.24. The minimum absolute atomic E-state index is 0.286. The van der Waals surface area contributed by atoms with Gasteiger partial charge in [0.25, 0.3) is 0 Å². The molecule has 1 saturated carbocycles. The van der Waals surface area contributed by atoms with Crippen molar-refractivity contribution in [3.05, 3.63) is 24.0 Å². The van der Waals surface area contributed by atoms with E-state index in [1.807, 2.05) is 6.07 Å². The van der Waals surface area contributed by atoms with E-state index in [2.05, 4.69) is 15.3 Å². The maximum atomic E-state index is 11.7. The quantitative estimate of drug-likeness (QED) is 0.871. The van der Waals surface area contributed by atoms with Gasteiger partial charge >= 0.3 is 0 Å². The number of H-pyrrole nitrogens is 1. The Morgan fingerprint density at radius 1 is 1.44 bits per heavy atom. The second-order valence-electron chi connectivity index (χ2n) is 4.76. The van der Waals surface area contributed by atoms with E-state index in [9.17, 15) is 8.42 Å². The number of aromatic nitrogens is 2. The van der Waals surface area contributed by atoms with Gasteiger partial charge in [0, 0.05) is 12.3 Å². The molecule has 3 rings (SSSR count). The van der Waals surface area contributed by atoms with Crippen molar-refractivity contribution >= 4 is 20.9 Å². The molecule has 2 aromatic rings. The number of para-hydroxylation sites is 1. The maximum Gasteiger partial charge on any atom is 0.177 e. The smallest absolute Gasteiger partial charge is 0.177 e. The van der Waals surface area contributed by atoms with Gasteiger partial charge < -0.3 is 10.3 Å². The van der Waals surface area contributed by atoms with Crippen molar-refractivity contribution in [1.29, 1.82) is 0 Å². The van der Waals surface area contributed by atoms with Crippen LogP contribution in [-0.4, -0.2) is 30.7 Å². The van der Waals surface area contributed by atoms with Crippen LogP contribution in [0.5, 0.6) is 0 Å². The molecule has 0 saturated heterocycles. The zero-order valence-corrected chi connectivity index (χ0v) is 10.9. The van der Waals surface area contributed by atoms with Gasteiger partial charge in [-0.2, -0.15) is 0 Å². The average molecular weight is 265 g/mol. The molecule has 0 unspecified atom stereocenters. The van der Waals surface area contributed by atoms with Gasteiger partial charge in [0.05, 0.1) is 17.0 Å². The lowest BCUT2D eigenvalue weighted by Crippen LogP contribution is -2.16. The standard InChI is InChI=1S/C12H15N3O2S/c1-18(16,17)10-4-2-3-9-12(10)15-11(14-9)7-13-8-5-6-8/h2-4,8,13H,5-7H2,1H3,(H,14,15). The SMILES string of the molecule is CS(=O)(=O)c1cccc2[nH]c(CNC3CC3)nc12. The van der Waals surface area contributed by atoms with Crippen LogP contribution < -0.4 is 5.32 Å². The molecule has 0 bridgehead atoms. The van der Waals surface area contributed by atoms with Gasteiger partial charge in [0.1, 0.15) is 11.3 Å². The third kappa shape index (κ3) is 2.26. The van der Waals surface area contributed by atoms with Crippen molar-refractivity contribution < 1.29 is 8.42 Å². The topological polar surface area (TPSA) is 74.8 Å². The normalized spacial score (nSPS) is 16.3. The first-order valence-corrected chi connectivity index (χ1v) is 7.84. The second-order valence-corrected chi connectivity index (χ2v) is 6.75. The summed E-state index contributed by atoms with van der Waals surface area (Å²) in [5, 5.41) is 3.35. The second kappa shape index (κ2) is 4.07. The molecule has 1 aliphatic rings. The molecule has 1 fully saturated rings. The van der Waals surface area contributed by atoms with Crippen LogP contribution >= 0.6 is 0 Å². The molecule has 96 valence electrons. The van der Waals surface area contributed by atoms with Crippen LogP contribution in [0.2, 0.25) is 0 Å². The molecule has 1 aliphatic carbocycles. The highest BCUT2D eigenvalue weighted by atomic mass is 32.2. The predicted octanol–water partition coefficient (Wildman–Crippen LogP) is 1.22. The highest BCUT2D eigenvalue weighted by molar-refractivity contribution is 7.91. The fraction of sp³-hybridized carbons (Fsp3) is 0.417. The van der Waals surface area contributed by atoms with Crippen LogP contribution in [0.25, 0.3) is 11.0 Å². The minimum Gasteiger partial charge on any atom is -0.341 e. The zero-order chi connectivity index (χ0) is 12.8. The third-order valence-electron chi connectivity index (χ3n) is 3.06. The highest BCUT2D eigenvalue weighted by Crippen LogP contribution is 2.22. The molecule has 18 heavy (non-hydrogen) atoms. The number of imidazole rings is 1. The molecule has 0 radical (unpaired) electrons. The monoisotopic (exact) mass is 265 g/mol. The van der Waals surface area contributed by atoms with E-state index < -0.39 is 9.84 Å². The zero-order valence-electron chi connectivity index (χ0n) is 10.1. The predicted molar refractivity (Wildman–Crippen MR) is 69.1 cm³/mol. The summed E-state index contributed by atoms with van der Waals surface area (Å²) in [6.45, 7) is 0.655. The van der Waals surface area contributed by atoms with E-state index in [1.165, 1.54) is 19.1 Å². The third-order valence-corrected chi connectivity index (χ3v) is 4.19. The molecular formula is C12H15N3O2S. The van der Waals surface area contributed by atoms with Gasteiger partial charge in [-0.05, 0) is 25.0 Å². The molecule has 2 N–H and O–H groups in total. The van der Waals surface area contributed by atoms with Gasteiger partial charge in [-0.25, -0.2) is 13.4 Å². The Balaban J connectivity index is 1.99. The van der Waals surface area contributed by atoms with Crippen LogP contribution in [0.3, 0.4) is 0 Å². The Morgan fingerprint density at radius 3 is 2.89 bits per heavy atom. The van der Waals surface area contributed by atoms with Gasteiger partial charge in [0.15, 0.2) is 9.84 Å². The molecule has 0 atom stereocenters. The number of nitrogens with zero attached hydrogens (tertiary/aromatic N) is 1.